The molecule has 4 rings (SSSR count). The number of aliphatic hydroxyl groups is 1. The van der Waals surface area contributed by atoms with Crippen molar-refractivity contribution in [2.75, 3.05) is 49.2 Å². The van der Waals surface area contributed by atoms with E-state index < -0.39 is 35.9 Å². The lowest BCUT2D eigenvalue weighted by Crippen LogP contribution is -2.52. The van der Waals surface area contributed by atoms with Crippen molar-refractivity contribution in [3.63, 3.8) is 0 Å². The van der Waals surface area contributed by atoms with E-state index in [1.165, 1.54) is 19.1 Å². The number of amides is 3. The first-order valence-electron chi connectivity index (χ1n) is 10.8. The minimum absolute atomic E-state index is 0.0386. The summed E-state index contributed by atoms with van der Waals surface area (Å²) in [6.45, 7) is 2.51. The minimum Gasteiger partial charge on any atom is -0.465 e. The fourth-order valence-electron chi connectivity index (χ4n) is 4.36. The van der Waals surface area contributed by atoms with Crippen molar-refractivity contribution < 1.29 is 33.7 Å². The predicted octanol–water partition coefficient (Wildman–Crippen LogP) is 1.91. The number of anilines is 2. The number of allylic oxidation sites excluding steroid dienone is 1. The summed E-state index contributed by atoms with van der Waals surface area (Å²) >= 11 is 0. The molecule has 1 unspecified atom stereocenters. The van der Waals surface area contributed by atoms with Gasteiger partial charge in [-0.1, -0.05) is 12.2 Å². The summed E-state index contributed by atoms with van der Waals surface area (Å²) in [7, 11) is 0. The summed E-state index contributed by atoms with van der Waals surface area (Å²) in [5.74, 6) is -1.56. The van der Waals surface area contributed by atoms with Crippen molar-refractivity contribution in [1.82, 2.24) is 4.90 Å². The number of nitrogens with zero attached hydrogens (tertiary/aromatic N) is 3. The van der Waals surface area contributed by atoms with Crippen LogP contribution in [-0.2, 0) is 14.3 Å². The maximum atomic E-state index is 14.8. The molecule has 1 saturated heterocycles. The highest BCUT2D eigenvalue weighted by Crippen LogP contribution is 2.31. The summed E-state index contributed by atoms with van der Waals surface area (Å²) in [5.41, 5.74) is -0.651. The van der Waals surface area contributed by atoms with Crippen LogP contribution >= 0.6 is 0 Å². The van der Waals surface area contributed by atoms with Gasteiger partial charge in [0, 0.05) is 24.2 Å². The number of ether oxygens (including phenoxy) is 1. The molecule has 1 fully saturated rings. The lowest BCUT2D eigenvalue weighted by Gasteiger charge is -2.33. The second-order valence-corrected chi connectivity index (χ2v) is 8.63. The van der Waals surface area contributed by atoms with E-state index >= 15 is 0 Å². The van der Waals surface area contributed by atoms with E-state index in [9.17, 15) is 29.0 Å². The SMILES string of the molecule is CC(O)(CN1C(=O)C2=C(CCC=C2)C1=O)CN(C(=O)O)c1ccc(N2CCOCC2)c(F)c1. The van der Waals surface area contributed by atoms with Crippen LogP contribution in [0.15, 0.2) is 41.5 Å². The van der Waals surface area contributed by atoms with Crippen LogP contribution in [0.5, 0.6) is 0 Å². The summed E-state index contributed by atoms with van der Waals surface area (Å²) in [4.78, 5) is 40.8. The van der Waals surface area contributed by atoms with Gasteiger partial charge in [-0.2, -0.15) is 0 Å². The molecule has 2 aliphatic heterocycles. The zero-order valence-corrected chi connectivity index (χ0v) is 18.3. The number of benzene rings is 1. The molecule has 33 heavy (non-hydrogen) atoms. The fraction of sp³-hybridized carbons (Fsp3) is 0.435. The Morgan fingerprint density at radius 1 is 1.24 bits per heavy atom. The molecular weight excluding hydrogens is 433 g/mol. The van der Waals surface area contributed by atoms with E-state index in [-0.39, 0.29) is 12.2 Å². The van der Waals surface area contributed by atoms with Crippen LogP contribution in [-0.4, -0.2) is 78.0 Å². The van der Waals surface area contributed by atoms with Crippen LogP contribution in [0.4, 0.5) is 20.6 Å². The Labute approximate surface area is 190 Å². The van der Waals surface area contributed by atoms with Gasteiger partial charge in [0.25, 0.3) is 11.8 Å². The van der Waals surface area contributed by atoms with Crippen molar-refractivity contribution in [3.8, 4) is 0 Å². The number of imide groups is 1. The molecule has 3 aliphatic rings. The van der Waals surface area contributed by atoms with Crippen molar-refractivity contribution in [1.29, 1.82) is 0 Å². The molecule has 1 aromatic rings. The largest absolute Gasteiger partial charge is 0.465 e. The lowest BCUT2D eigenvalue weighted by molar-refractivity contribution is -0.141. The highest BCUT2D eigenvalue weighted by Gasteiger charge is 2.41. The Balaban J connectivity index is 1.50. The normalized spacial score (nSPS) is 20.2. The molecule has 10 heteroatoms. The van der Waals surface area contributed by atoms with Crippen LogP contribution in [0.25, 0.3) is 0 Å². The molecule has 1 atom stereocenters. The molecule has 1 aliphatic carbocycles. The Morgan fingerprint density at radius 3 is 2.61 bits per heavy atom. The number of hydrogen-bond donors (Lipinski definition) is 2. The van der Waals surface area contributed by atoms with Gasteiger partial charge in [0.05, 0.1) is 43.3 Å². The van der Waals surface area contributed by atoms with Crippen molar-refractivity contribution in [2.45, 2.75) is 25.4 Å². The standard InChI is InChI=1S/C23H26FN3O6/c1-23(32,14-27-20(28)16-4-2-3-5-17(16)21(27)29)13-26(22(30)31)15-6-7-19(18(24)12-15)25-8-10-33-11-9-25/h2,4,6-7,12,32H,3,5,8-11,13-14H2,1H3,(H,30,31). The van der Waals surface area contributed by atoms with Crippen LogP contribution < -0.4 is 9.80 Å². The van der Waals surface area contributed by atoms with Crippen LogP contribution in [0.3, 0.4) is 0 Å². The summed E-state index contributed by atoms with van der Waals surface area (Å²) in [5, 5.41) is 20.7. The molecule has 9 nitrogen and oxygen atoms in total. The zero-order valence-electron chi connectivity index (χ0n) is 18.3. The van der Waals surface area contributed by atoms with Gasteiger partial charge in [0.1, 0.15) is 5.82 Å². The highest BCUT2D eigenvalue weighted by atomic mass is 19.1. The molecule has 1 aromatic carbocycles. The highest BCUT2D eigenvalue weighted by molar-refractivity contribution is 6.21. The molecule has 176 valence electrons. The molecule has 2 N–H and O–H groups in total. The van der Waals surface area contributed by atoms with Crippen molar-refractivity contribution in [2.24, 2.45) is 0 Å². The second-order valence-electron chi connectivity index (χ2n) is 8.63. The maximum Gasteiger partial charge on any atom is 0.411 e. The molecular formula is C23H26FN3O6. The van der Waals surface area contributed by atoms with E-state index in [1.54, 1.807) is 6.08 Å². The van der Waals surface area contributed by atoms with E-state index in [2.05, 4.69) is 0 Å². The van der Waals surface area contributed by atoms with Crippen LogP contribution in [0, 0.1) is 5.82 Å². The monoisotopic (exact) mass is 459 g/mol. The Kier molecular flexibility index (Phi) is 6.22. The first kappa shape index (κ1) is 22.9. The molecule has 3 amide bonds. The van der Waals surface area contributed by atoms with Crippen LogP contribution in [0.1, 0.15) is 19.8 Å². The van der Waals surface area contributed by atoms with Crippen LogP contribution in [0.2, 0.25) is 0 Å². The number of rotatable bonds is 6. The number of morpholine rings is 1. The third-order valence-corrected chi connectivity index (χ3v) is 5.97. The number of carbonyl (C=O) groups excluding carboxylic acids is 2. The molecule has 2 heterocycles. The van der Waals surface area contributed by atoms with Gasteiger partial charge >= 0.3 is 6.09 Å². The molecule has 0 aromatic heterocycles. The molecule has 0 radical (unpaired) electrons. The fourth-order valence-corrected chi connectivity index (χ4v) is 4.36. The van der Waals surface area contributed by atoms with E-state index in [4.69, 9.17) is 4.74 Å². The van der Waals surface area contributed by atoms with Crippen molar-refractivity contribution >= 4 is 29.3 Å². The summed E-state index contributed by atoms with van der Waals surface area (Å²) < 4.78 is 20.1. The first-order valence-corrected chi connectivity index (χ1v) is 10.8. The average molecular weight is 459 g/mol. The van der Waals surface area contributed by atoms with Gasteiger partial charge in [-0.3, -0.25) is 19.4 Å². The number of β-amino-alcohol motifs (C(OH)–C–C–N with tert-alkyl or cyclic N) is 1. The Hall–Kier alpha value is -3.24. The summed E-state index contributed by atoms with van der Waals surface area (Å²) in [6.07, 6.45) is 3.13. The van der Waals surface area contributed by atoms with Gasteiger partial charge in [0.15, 0.2) is 0 Å². The van der Waals surface area contributed by atoms with Gasteiger partial charge in [-0.15, -0.1) is 0 Å². The molecule has 0 spiro atoms. The Bertz CT molecular complexity index is 1040. The number of halogens is 1. The van der Waals surface area contributed by atoms with Gasteiger partial charge in [0.2, 0.25) is 0 Å². The van der Waals surface area contributed by atoms with Gasteiger partial charge in [-0.05, 0) is 38.0 Å². The third kappa shape index (κ3) is 4.62. The van der Waals surface area contributed by atoms with Gasteiger partial charge in [-0.25, -0.2) is 9.18 Å². The number of carbonyl (C=O) groups is 3. The lowest BCUT2D eigenvalue weighted by atomic mass is 10.00. The second kappa shape index (κ2) is 8.95. The van der Waals surface area contributed by atoms with E-state index in [0.717, 1.165) is 15.9 Å². The maximum absolute atomic E-state index is 14.8. The third-order valence-electron chi connectivity index (χ3n) is 5.97. The van der Waals surface area contributed by atoms with Crippen molar-refractivity contribution in [3.05, 3.63) is 47.3 Å². The van der Waals surface area contributed by atoms with E-state index in [0.29, 0.717) is 56.0 Å². The number of hydrogen-bond acceptors (Lipinski definition) is 6. The topological polar surface area (TPSA) is 111 Å². The average Bonchev–Trinajstić information content (AvgIpc) is 3.02. The Morgan fingerprint density at radius 2 is 1.97 bits per heavy atom. The minimum atomic E-state index is -1.76. The van der Waals surface area contributed by atoms with E-state index in [1.807, 2.05) is 11.0 Å². The quantitative estimate of drug-likeness (QED) is 0.626. The predicted molar refractivity (Wildman–Crippen MR) is 118 cm³/mol. The zero-order chi connectivity index (χ0) is 23.8. The number of carboxylic acid groups (broad SMARTS) is 1. The summed E-state index contributed by atoms with van der Waals surface area (Å²) in [6, 6.07) is 4.07. The molecule has 0 bridgehead atoms. The van der Waals surface area contributed by atoms with Gasteiger partial charge < -0.3 is 19.8 Å². The first-order chi connectivity index (χ1) is 15.7. The smallest absolute Gasteiger partial charge is 0.411 e. The molecule has 0 saturated carbocycles.